The largest absolute Gasteiger partial charge is 0.463 e. The molecule has 0 spiro atoms. The summed E-state index contributed by atoms with van der Waals surface area (Å²) in [7, 11) is 0. The predicted molar refractivity (Wildman–Crippen MR) is 226 cm³/mol. The number of rotatable bonds is 36. The van der Waals surface area contributed by atoms with Gasteiger partial charge in [0, 0.05) is 6.42 Å². The SMILES string of the molecule is CCCCCCCC/C=C\CCCCCCCC(=O)N[C@@H](COC(=O)CN(CC)CC)[C@@H]1CC(C)(C)C[C@@H]1CCCCCCCCCCCCCC. The summed E-state index contributed by atoms with van der Waals surface area (Å²) in [5, 5.41) is 3.42. The number of carbonyl (C=O) groups excluding carboxylic acids is 2. The number of nitrogens with zero attached hydrogens (tertiary/aromatic N) is 1. The van der Waals surface area contributed by atoms with Crippen LogP contribution in [0.1, 0.15) is 228 Å². The number of unbranched alkanes of at least 4 members (excludes halogenated alkanes) is 22. The van der Waals surface area contributed by atoms with Crippen LogP contribution >= 0.6 is 0 Å². The van der Waals surface area contributed by atoms with Crippen molar-refractivity contribution in [3.63, 3.8) is 0 Å². The molecular weight excluding hydrogens is 641 g/mol. The minimum atomic E-state index is -0.171. The fraction of sp³-hybridized carbons (Fsp3) is 0.915. The topological polar surface area (TPSA) is 58.6 Å². The highest BCUT2D eigenvalue weighted by atomic mass is 16.5. The van der Waals surface area contributed by atoms with Crippen molar-refractivity contribution in [2.45, 2.75) is 234 Å². The van der Waals surface area contributed by atoms with Gasteiger partial charge in [-0.25, -0.2) is 0 Å². The third-order valence-corrected chi connectivity index (χ3v) is 11.8. The van der Waals surface area contributed by atoms with E-state index in [1.165, 1.54) is 161 Å². The summed E-state index contributed by atoms with van der Waals surface area (Å²) in [6.07, 6.45) is 41.6. The van der Waals surface area contributed by atoms with E-state index in [0.717, 1.165) is 32.4 Å². The third kappa shape index (κ3) is 26.4. The van der Waals surface area contributed by atoms with Crippen molar-refractivity contribution < 1.29 is 14.3 Å². The van der Waals surface area contributed by atoms with E-state index >= 15 is 0 Å². The van der Waals surface area contributed by atoms with Crippen LogP contribution in [0, 0.1) is 17.3 Å². The van der Waals surface area contributed by atoms with Gasteiger partial charge >= 0.3 is 5.97 Å². The summed E-state index contributed by atoms with van der Waals surface area (Å²) in [6.45, 7) is 15.8. The zero-order valence-electron chi connectivity index (χ0n) is 35.9. The Morgan fingerprint density at radius 1 is 0.654 bits per heavy atom. The van der Waals surface area contributed by atoms with E-state index in [9.17, 15) is 9.59 Å². The van der Waals surface area contributed by atoms with Gasteiger partial charge in [-0.15, -0.1) is 0 Å². The van der Waals surface area contributed by atoms with Crippen molar-refractivity contribution in [2.75, 3.05) is 26.2 Å². The second-order valence-corrected chi connectivity index (χ2v) is 17.3. The molecule has 1 aliphatic rings. The summed E-state index contributed by atoms with van der Waals surface area (Å²) >= 11 is 0. The highest BCUT2D eigenvalue weighted by Gasteiger charge is 2.43. The maximum atomic E-state index is 13.3. The minimum absolute atomic E-state index is 0.0969. The van der Waals surface area contributed by atoms with Crippen LogP contribution in [0.2, 0.25) is 0 Å². The van der Waals surface area contributed by atoms with Crippen molar-refractivity contribution in [1.82, 2.24) is 10.2 Å². The van der Waals surface area contributed by atoms with E-state index in [0.29, 0.717) is 31.4 Å². The smallest absolute Gasteiger partial charge is 0.320 e. The second kappa shape index (κ2) is 33.0. The average molecular weight is 731 g/mol. The first-order valence-electron chi connectivity index (χ1n) is 23.1. The Morgan fingerprint density at radius 2 is 1.12 bits per heavy atom. The molecule has 1 rings (SSSR count). The van der Waals surface area contributed by atoms with Crippen LogP contribution in [0.4, 0.5) is 0 Å². The highest BCUT2D eigenvalue weighted by molar-refractivity contribution is 5.76. The summed E-state index contributed by atoms with van der Waals surface area (Å²) in [6, 6.07) is -0.0969. The number of carbonyl (C=O) groups is 2. The van der Waals surface area contributed by atoms with Crippen molar-refractivity contribution in [3.05, 3.63) is 12.2 Å². The van der Waals surface area contributed by atoms with Gasteiger partial charge in [-0.05, 0) is 75.3 Å². The first-order chi connectivity index (χ1) is 25.3. The van der Waals surface area contributed by atoms with Crippen molar-refractivity contribution >= 4 is 11.9 Å². The molecule has 0 aromatic rings. The molecule has 5 nitrogen and oxygen atoms in total. The first kappa shape index (κ1) is 48.7. The molecule has 5 heteroatoms. The number of nitrogens with one attached hydrogen (secondary N) is 1. The second-order valence-electron chi connectivity index (χ2n) is 17.3. The van der Waals surface area contributed by atoms with Crippen LogP contribution in [0.5, 0.6) is 0 Å². The number of amides is 1. The summed E-state index contributed by atoms with van der Waals surface area (Å²) in [5.74, 6) is 0.901. The van der Waals surface area contributed by atoms with Crippen LogP contribution in [-0.2, 0) is 14.3 Å². The lowest BCUT2D eigenvalue weighted by atomic mass is 9.85. The Labute approximate surface area is 325 Å². The van der Waals surface area contributed by atoms with Crippen LogP contribution in [0.25, 0.3) is 0 Å². The number of hydrogen-bond acceptors (Lipinski definition) is 4. The van der Waals surface area contributed by atoms with E-state index in [1.54, 1.807) is 0 Å². The molecule has 0 bridgehead atoms. The zero-order valence-corrected chi connectivity index (χ0v) is 35.9. The number of hydrogen-bond donors (Lipinski definition) is 1. The lowest BCUT2D eigenvalue weighted by Crippen LogP contribution is -2.46. The van der Waals surface area contributed by atoms with Gasteiger partial charge in [0.1, 0.15) is 6.61 Å². The number of allylic oxidation sites excluding steroid dienone is 2. The van der Waals surface area contributed by atoms with Gasteiger partial charge in [-0.1, -0.05) is 189 Å². The van der Waals surface area contributed by atoms with Crippen molar-refractivity contribution in [2.24, 2.45) is 17.3 Å². The van der Waals surface area contributed by atoms with Gasteiger partial charge in [0.15, 0.2) is 0 Å². The lowest BCUT2D eigenvalue weighted by Gasteiger charge is -2.30. The zero-order chi connectivity index (χ0) is 38.1. The van der Waals surface area contributed by atoms with Crippen molar-refractivity contribution in [3.8, 4) is 0 Å². The Kier molecular flexibility index (Phi) is 30.9. The van der Waals surface area contributed by atoms with Gasteiger partial charge in [-0.2, -0.15) is 0 Å². The van der Waals surface area contributed by atoms with E-state index in [2.05, 4.69) is 63.9 Å². The quantitative estimate of drug-likeness (QED) is 0.0396. The molecule has 1 saturated carbocycles. The molecular formula is C47H90N2O3. The maximum absolute atomic E-state index is 13.3. The molecule has 0 radical (unpaired) electrons. The Bertz CT molecular complexity index is 867. The summed E-state index contributed by atoms with van der Waals surface area (Å²) in [5.41, 5.74) is 0.254. The molecule has 0 aliphatic heterocycles. The van der Waals surface area contributed by atoms with E-state index < -0.39 is 0 Å². The van der Waals surface area contributed by atoms with E-state index in [4.69, 9.17) is 4.74 Å². The van der Waals surface area contributed by atoms with Crippen molar-refractivity contribution in [1.29, 1.82) is 0 Å². The summed E-state index contributed by atoms with van der Waals surface area (Å²) in [4.78, 5) is 28.3. The standard InChI is InChI=1S/C47H90N2O3/c1-7-11-13-15-17-19-21-23-24-25-27-29-31-33-35-37-45(50)48-44(41-52-46(51)40-49(9-3)10-4)43-39-47(5,6)38-42(43)36-34-32-30-28-26-22-20-18-16-14-12-8-2/h23-24,42-44H,7-22,25-41H2,1-6H3,(H,48,50)/b24-23-/t42-,43+,44-/m0/s1. The Balaban J connectivity index is 2.50. The van der Waals surface area contributed by atoms with Crippen LogP contribution < -0.4 is 5.32 Å². The van der Waals surface area contributed by atoms with Crippen LogP contribution in [0.3, 0.4) is 0 Å². The predicted octanol–water partition coefficient (Wildman–Crippen LogP) is 13.5. The van der Waals surface area contributed by atoms with E-state index in [-0.39, 0.29) is 23.3 Å². The normalized spacial score (nSPS) is 17.7. The van der Waals surface area contributed by atoms with Gasteiger partial charge in [0.2, 0.25) is 5.91 Å². The molecule has 0 aromatic heterocycles. The van der Waals surface area contributed by atoms with Gasteiger partial charge in [-0.3, -0.25) is 14.5 Å². The number of ether oxygens (including phenoxy) is 1. The van der Waals surface area contributed by atoms with Crippen LogP contribution in [0.15, 0.2) is 12.2 Å². The first-order valence-corrected chi connectivity index (χ1v) is 23.1. The fourth-order valence-corrected chi connectivity index (χ4v) is 8.55. The molecule has 306 valence electrons. The molecule has 52 heavy (non-hydrogen) atoms. The van der Waals surface area contributed by atoms with Gasteiger partial charge in [0.05, 0.1) is 12.6 Å². The van der Waals surface area contributed by atoms with Gasteiger partial charge in [0.25, 0.3) is 0 Å². The molecule has 0 saturated heterocycles. The number of likely N-dealkylation sites (N-methyl/N-ethyl adjacent to an activating group) is 1. The monoisotopic (exact) mass is 731 g/mol. The summed E-state index contributed by atoms with van der Waals surface area (Å²) < 4.78 is 5.92. The lowest BCUT2D eigenvalue weighted by molar-refractivity contribution is -0.147. The van der Waals surface area contributed by atoms with Crippen LogP contribution in [-0.4, -0.2) is 49.1 Å². The maximum Gasteiger partial charge on any atom is 0.320 e. The third-order valence-electron chi connectivity index (χ3n) is 11.8. The van der Waals surface area contributed by atoms with Gasteiger partial charge < -0.3 is 10.1 Å². The Morgan fingerprint density at radius 3 is 1.62 bits per heavy atom. The highest BCUT2D eigenvalue weighted by Crippen LogP contribution is 2.48. The molecule has 1 N–H and O–H groups in total. The average Bonchev–Trinajstić information content (AvgIpc) is 3.44. The molecule has 1 fully saturated rings. The molecule has 0 aromatic carbocycles. The Hall–Kier alpha value is -1.36. The molecule has 3 atom stereocenters. The molecule has 1 amide bonds. The number of esters is 1. The molecule has 0 heterocycles. The fourth-order valence-electron chi connectivity index (χ4n) is 8.55. The molecule has 1 aliphatic carbocycles. The molecule has 0 unspecified atom stereocenters. The van der Waals surface area contributed by atoms with E-state index in [1.807, 2.05) is 0 Å². The minimum Gasteiger partial charge on any atom is -0.463 e.